The van der Waals surface area contributed by atoms with Crippen molar-refractivity contribution in [1.82, 2.24) is 10.2 Å². The first-order chi connectivity index (χ1) is 9.42. The van der Waals surface area contributed by atoms with E-state index in [1.54, 1.807) is 0 Å². The summed E-state index contributed by atoms with van der Waals surface area (Å²) in [5.74, 6) is -0.167. The van der Waals surface area contributed by atoms with Crippen LogP contribution >= 0.6 is 0 Å². The maximum Gasteiger partial charge on any atom is 0.327 e. The van der Waals surface area contributed by atoms with Crippen molar-refractivity contribution < 1.29 is 14.3 Å². The van der Waals surface area contributed by atoms with Crippen LogP contribution in [0.15, 0.2) is 0 Å². The van der Waals surface area contributed by atoms with Gasteiger partial charge in [0.05, 0.1) is 19.3 Å². The fraction of sp³-hybridized carbons (Fsp3) is 0.933. The number of rotatable bonds is 7. The van der Waals surface area contributed by atoms with E-state index < -0.39 is 5.54 Å². The normalized spacial score (nSPS) is 27.1. The number of nitrogens with one attached hydrogen (secondary N) is 1. The van der Waals surface area contributed by atoms with E-state index in [1.807, 2.05) is 13.8 Å². The molecule has 1 aliphatic heterocycles. The van der Waals surface area contributed by atoms with Gasteiger partial charge in [0.1, 0.15) is 5.54 Å². The van der Waals surface area contributed by atoms with Gasteiger partial charge in [-0.15, -0.1) is 0 Å². The molecule has 0 amide bonds. The van der Waals surface area contributed by atoms with Crippen molar-refractivity contribution in [3.05, 3.63) is 0 Å². The highest BCUT2D eigenvalue weighted by Gasteiger charge is 2.38. The first-order valence-electron chi connectivity index (χ1n) is 7.70. The van der Waals surface area contributed by atoms with Crippen LogP contribution in [-0.2, 0) is 14.3 Å². The van der Waals surface area contributed by atoms with Gasteiger partial charge in [-0.1, -0.05) is 6.92 Å². The Kier molecular flexibility index (Phi) is 6.92. The molecule has 0 aromatic heterocycles. The molecule has 0 saturated carbocycles. The summed E-state index contributed by atoms with van der Waals surface area (Å²) < 4.78 is 10.9. The Labute approximate surface area is 123 Å². The minimum Gasteiger partial charge on any atom is -0.465 e. The predicted octanol–water partition coefficient (Wildman–Crippen LogP) is 1.42. The second kappa shape index (κ2) is 7.96. The van der Waals surface area contributed by atoms with Gasteiger partial charge in [0.25, 0.3) is 0 Å². The fourth-order valence-electron chi connectivity index (χ4n) is 2.48. The number of hydrogen-bond donors (Lipinski definition) is 1. The van der Waals surface area contributed by atoms with Gasteiger partial charge in [0.2, 0.25) is 0 Å². The average Bonchev–Trinajstić information content (AvgIpc) is 2.41. The molecule has 3 atom stereocenters. The minimum absolute atomic E-state index is 0.167. The molecule has 20 heavy (non-hydrogen) atoms. The van der Waals surface area contributed by atoms with E-state index in [0.717, 1.165) is 19.5 Å². The molecule has 1 N–H and O–H groups in total. The van der Waals surface area contributed by atoms with Crippen LogP contribution in [-0.4, -0.2) is 61.4 Å². The summed E-state index contributed by atoms with van der Waals surface area (Å²) in [7, 11) is 0. The molecule has 0 aromatic rings. The summed E-state index contributed by atoms with van der Waals surface area (Å²) in [6.07, 6.45) is 1.20. The van der Waals surface area contributed by atoms with Crippen LogP contribution in [0.3, 0.4) is 0 Å². The lowest BCUT2D eigenvalue weighted by Crippen LogP contribution is -2.61. The molecule has 5 nitrogen and oxygen atoms in total. The molecular formula is C15H30N2O3. The van der Waals surface area contributed by atoms with E-state index in [4.69, 9.17) is 9.47 Å². The molecule has 0 spiro atoms. The first kappa shape index (κ1) is 17.4. The highest BCUT2D eigenvalue weighted by atomic mass is 16.5. The summed E-state index contributed by atoms with van der Waals surface area (Å²) in [4.78, 5) is 14.6. The number of esters is 1. The lowest BCUT2D eigenvalue weighted by Gasteiger charge is -2.41. The smallest absolute Gasteiger partial charge is 0.327 e. The number of hydrogen-bond acceptors (Lipinski definition) is 5. The van der Waals surface area contributed by atoms with E-state index in [-0.39, 0.29) is 12.1 Å². The fourth-order valence-corrected chi connectivity index (χ4v) is 2.48. The maximum atomic E-state index is 12.3. The number of nitrogens with zero attached hydrogens (tertiary/aromatic N) is 1. The third-order valence-corrected chi connectivity index (χ3v) is 3.75. The Hall–Kier alpha value is -0.650. The van der Waals surface area contributed by atoms with Gasteiger partial charge in [-0.05, 0) is 40.7 Å². The molecule has 118 valence electrons. The lowest BCUT2D eigenvalue weighted by atomic mass is 9.99. The largest absolute Gasteiger partial charge is 0.465 e. The highest BCUT2D eigenvalue weighted by Crippen LogP contribution is 2.17. The second-order valence-electron chi connectivity index (χ2n) is 5.90. The van der Waals surface area contributed by atoms with Crippen LogP contribution in [0.2, 0.25) is 0 Å². The summed E-state index contributed by atoms with van der Waals surface area (Å²) in [6.45, 7) is 13.5. The van der Waals surface area contributed by atoms with Gasteiger partial charge in [-0.25, -0.2) is 0 Å². The Morgan fingerprint density at radius 2 is 2.15 bits per heavy atom. The Morgan fingerprint density at radius 3 is 2.75 bits per heavy atom. The lowest BCUT2D eigenvalue weighted by molar-refractivity contribution is -0.153. The monoisotopic (exact) mass is 286 g/mol. The Morgan fingerprint density at radius 1 is 1.45 bits per heavy atom. The van der Waals surface area contributed by atoms with Gasteiger partial charge in [0.15, 0.2) is 0 Å². The highest BCUT2D eigenvalue weighted by molar-refractivity contribution is 5.80. The molecule has 1 saturated heterocycles. The predicted molar refractivity (Wildman–Crippen MR) is 79.8 cm³/mol. The van der Waals surface area contributed by atoms with Crippen LogP contribution in [0.1, 0.15) is 41.0 Å². The molecule has 0 aromatic carbocycles. The van der Waals surface area contributed by atoms with Crippen LogP contribution in [0.25, 0.3) is 0 Å². The van der Waals surface area contributed by atoms with E-state index in [9.17, 15) is 4.79 Å². The molecule has 1 aliphatic rings. The van der Waals surface area contributed by atoms with E-state index in [2.05, 4.69) is 31.0 Å². The zero-order valence-electron chi connectivity index (χ0n) is 13.6. The standard InChI is InChI=1S/C15H30N2O3/c1-6-8-16-15(5,14(18)19-7-2)11-17-9-13(4)20-10-12(17)3/h12-13,16H,6-11H2,1-5H3. The van der Waals surface area contributed by atoms with Crippen LogP contribution in [0.5, 0.6) is 0 Å². The number of morpholine rings is 1. The molecule has 0 bridgehead atoms. The first-order valence-corrected chi connectivity index (χ1v) is 7.70. The van der Waals surface area contributed by atoms with Crippen molar-refractivity contribution in [3.8, 4) is 0 Å². The number of carbonyl (C=O) groups is 1. The topological polar surface area (TPSA) is 50.8 Å². The van der Waals surface area contributed by atoms with Crippen molar-refractivity contribution >= 4 is 5.97 Å². The van der Waals surface area contributed by atoms with Gasteiger partial charge >= 0.3 is 5.97 Å². The molecule has 3 unspecified atom stereocenters. The Bertz CT molecular complexity index is 311. The number of carbonyl (C=O) groups excluding carboxylic acids is 1. The molecule has 1 heterocycles. The maximum absolute atomic E-state index is 12.3. The third kappa shape index (κ3) is 4.72. The summed E-state index contributed by atoms with van der Waals surface area (Å²) in [6, 6.07) is 0.323. The minimum atomic E-state index is -0.655. The summed E-state index contributed by atoms with van der Waals surface area (Å²) >= 11 is 0. The van der Waals surface area contributed by atoms with Crippen molar-refractivity contribution in [3.63, 3.8) is 0 Å². The second-order valence-corrected chi connectivity index (χ2v) is 5.90. The third-order valence-electron chi connectivity index (χ3n) is 3.75. The Balaban J connectivity index is 2.74. The van der Waals surface area contributed by atoms with Crippen molar-refractivity contribution in [1.29, 1.82) is 0 Å². The van der Waals surface area contributed by atoms with Gasteiger partial charge in [-0.2, -0.15) is 0 Å². The molecule has 0 radical (unpaired) electrons. The average molecular weight is 286 g/mol. The van der Waals surface area contributed by atoms with E-state index in [0.29, 0.717) is 25.8 Å². The zero-order valence-corrected chi connectivity index (χ0v) is 13.6. The van der Waals surface area contributed by atoms with Crippen molar-refractivity contribution in [2.24, 2.45) is 0 Å². The molecule has 0 aliphatic carbocycles. The number of ether oxygens (including phenoxy) is 2. The van der Waals surface area contributed by atoms with Crippen molar-refractivity contribution in [2.75, 3.05) is 32.8 Å². The van der Waals surface area contributed by atoms with Crippen LogP contribution in [0, 0.1) is 0 Å². The van der Waals surface area contributed by atoms with Crippen LogP contribution < -0.4 is 5.32 Å². The van der Waals surface area contributed by atoms with Gasteiger partial charge in [0, 0.05) is 19.1 Å². The van der Waals surface area contributed by atoms with Crippen molar-refractivity contribution in [2.45, 2.75) is 58.7 Å². The van der Waals surface area contributed by atoms with Gasteiger partial charge < -0.3 is 14.8 Å². The van der Waals surface area contributed by atoms with Crippen LogP contribution in [0.4, 0.5) is 0 Å². The summed E-state index contributed by atoms with van der Waals surface area (Å²) in [5.41, 5.74) is -0.655. The molecular weight excluding hydrogens is 256 g/mol. The zero-order chi connectivity index (χ0) is 15.2. The molecule has 1 fully saturated rings. The SMILES string of the molecule is CCCNC(C)(CN1CC(C)OCC1C)C(=O)OCC. The van der Waals surface area contributed by atoms with Gasteiger partial charge in [-0.3, -0.25) is 9.69 Å². The quantitative estimate of drug-likeness (QED) is 0.717. The van der Waals surface area contributed by atoms with E-state index in [1.165, 1.54) is 0 Å². The summed E-state index contributed by atoms with van der Waals surface area (Å²) in [5, 5.41) is 3.36. The molecule has 5 heteroatoms. The molecule has 1 rings (SSSR count). The van der Waals surface area contributed by atoms with E-state index >= 15 is 0 Å².